The molecule has 2 aromatic carbocycles. The van der Waals surface area contributed by atoms with Crippen molar-refractivity contribution in [2.75, 3.05) is 5.32 Å². The van der Waals surface area contributed by atoms with Crippen LogP contribution in [0, 0.1) is 11.7 Å². The number of rotatable bonds is 6. The first-order valence-electron chi connectivity index (χ1n) is 9.24. The maximum Gasteiger partial charge on any atom is 0.247 e. The molecule has 1 atom stereocenters. The lowest BCUT2D eigenvalue weighted by Crippen LogP contribution is -2.46. The van der Waals surface area contributed by atoms with E-state index in [-0.39, 0.29) is 23.3 Å². The van der Waals surface area contributed by atoms with Crippen LogP contribution in [0.25, 0.3) is 10.9 Å². The van der Waals surface area contributed by atoms with Crippen molar-refractivity contribution < 1.29 is 18.7 Å². The van der Waals surface area contributed by atoms with Gasteiger partial charge in [0.15, 0.2) is 11.6 Å². The Morgan fingerprint density at radius 2 is 1.83 bits per heavy atom. The van der Waals surface area contributed by atoms with E-state index in [1.165, 1.54) is 19.1 Å². The van der Waals surface area contributed by atoms with Crippen LogP contribution < -0.4 is 15.4 Å². The van der Waals surface area contributed by atoms with E-state index in [1.807, 2.05) is 38.1 Å². The third-order valence-corrected chi connectivity index (χ3v) is 4.34. The minimum Gasteiger partial charge on any atom is -0.454 e. The monoisotopic (exact) mass is 395 g/mol. The van der Waals surface area contributed by atoms with Crippen molar-refractivity contribution in [2.24, 2.45) is 5.92 Å². The van der Waals surface area contributed by atoms with Crippen molar-refractivity contribution in [1.29, 1.82) is 0 Å². The fourth-order valence-corrected chi connectivity index (χ4v) is 2.91. The lowest BCUT2D eigenvalue weighted by atomic mass is 10.0. The molecular formula is C22H22FN3O3. The largest absolute Gasteiger partial charge is 0.454 e. The van der Waals surface area contributed by atoms with E-state index in [0.717, 1.165) is 10.9 Å². The van der Waals surface area contributed by atoms with Crippen LogP contribution in [0.3, 0.4) is 0 Å². The summed E-state index contributed by atoms with van der Waals surface area (Å²) in [5, 5.41) is 6.00. The summed E-state index contributed by atoms with van der Waals surface area (Å²) in [5.41, 5.74) is 1.02. The number of benzene rings is 2. The Morgan fingerprint density at radius 1 is 1.07 bits per heavy atom. The van der Waals surface area contributed by atoms with Gasteiger partial charge in [-0.25, -0.2) is 4.39 Å². The van der Waals surface area contributed by atoms with Gasteiger partial charge in [0.1, 0.15) is 11.8 Å². The van der Waals surface area contributed by atoms with Gasteiger partial charge >= 0.3 is 0 Å². The summed E-state index contributed by atoms with van der Waals surface area (Å²) in [6, 6.07) is 12.5. The molecule has 1 heterocycles. The van der Waals surface area contributed by atoms with E-state index in [2.05, 4.69) is 15.6 Å². The third-order valence-electron chi connectivity index (χ3n) is 4.34. The Labute approximate surface area is 168 Å². The van der Waals surface area contributed by atoms with Crippen LogP contribution in [0.2, 0.25) is 0 Å². The van der Waals surface area contributed by atoms with Crippen LogP contribution in [0.5, 0.6) is 11.5 Å². The number of para-hydroxylation sites is 1. The molecule has 0 aliphatic rings. The standard InChI is InChI=1S/C22H22FN3O3/c1-13(2)21(25-14(3)27)22(28)26-15-8-9-20(17(23)12-15)29-19-10-11-24-18-7-5-4-6-16(18)19/h4-13,21H,1-3H3,(H,25,27)(H,26,28). The number of ether oxygens (including phenoxy) is 1. The Hall–Kier alpha value is -3.48. The number of aromatic nitrogens is 1. The van der Waals surface area contributed by atoms with Gasteiger partial charge in [0.2, 0.25) is 11.8 Å². The smallest absolute Gasteiger partial charge is 0.247 e. The first kappa shape index (κ1) is 20.3. The molecule has 2 N–H and O–H groups in total. The average Bonchev–Trinajstić information content (AvgIpc) is 2.68. The van der Waals surface area contributed by atoms with Gasteiger partial charge in [0.25, 0.3) is 0 Å². The molecule has 0 saturated carbocycles. The quantitative estimate of drug-likeness (QED) is 0.653. The van der Waals surface area contributed by atoms with Crippen LogP contribution in [-0.2, 0) is 9.59 Å². The van der Waals surface area contributed by atoms with Crippen molar-refractivity contribution in [3.05, 3.63) is 60.5 Å². The van der Waals surface area contributed by atoms with E-state index >= 15 is 0 Å². The van der Waals surface area contributed by atoms with Crippen molar-refractivity contribution in [1.82, 2.24) is 10.3 Å². The number of amides is 2. The van der Waals surface area contributed by atoms with Gasteiger partial charge in [-0.2, -0.15) is 0 Å². The summed E-state index contributed by atoms with van der Waals surface area (Å²) in [6.07, 6.45) is 1.60. The minimum absolute atomic E-state index is 0.0293. The highest BCUT2D eigenvalue weighted by Gasteiger charge is 2.23. The molecule has 3 aromatic rings. The fourth-order valence-electron chi connectivity index (χ4n) is 2.91. The Bertz CT molecular complexity index is 1050. The van der Waals surface area contributed by atoms with Gasteiger partial charge in [-0.3, -0.25) is 14.6 Å². The number of nitrogens with one attached hydrogen (secondary N) is 2. The van der Waals surface area contributed by atoms with Gasteiger partial charge in [-0.1, -0.05) is 26.0 Å². The molecule has 2 amide bonds. The number of carbonyl (C=O) groups is 2. The first-order chi connectivity index (χ1) is 13.8. The van der Waals surface area contributed by atoms with Crippen LogP contribution in [0.1, 0.15) is 20.8 Å². The molecule has 0 aliphatic heterocycles. The van der Waals surface area contributed by atoms with Crippen LogP contribution in [0.4, 0.5) is 10.1 Å². The van der Waals surface area contributed by atoms with Crippen LogP contribution >= 0.6 is 0 Å². The number of hydrogen-bond acceptors (Lipinski definition) is 4. The molecule has 0 spiro atoms. The molecule has 0 fully saturated rings. The SMILES string of the molecule is CC(=O)NC(C(=O)Nc1ccc(Oc2ccnc3ccccc23)c(F)c1)C(C)C. The number of carbonyl (C=O) groups excluding carboxylic acids is 2. The predicted octanol–water partition coefficient (Wildman–Crippen LogP) is 4.27. The fraction of sp³-hybridized carbons (Fsp3) is 0.227. The summed E-state index contributed by atoms with van der Waals surface area (Å²) in [4.78, 5) is 28.0. The van der Waals surface area contributed by atoms with Crippen LogP contribution in [0.15, 0.2) is 54.7 Å². The molecule has 6 nitrogen and oxygen atoms in total. The Morgan fingerprint density at radius 3 is 2.52 bits per heavy atom. The van der Waals surface area contributed by atoms with Crippen molar-refractivity contribution in [3.63, 3.8) is 0 Å². The number of fused-ring (bicyclic) bond motifs is 1. The highest BCUT2D eigenvalue weighted by molar-refractivity contribution is 5.97. The maximum absolute atomic E-state index is 14.6. The number of nitrogens with zero attached hydrogens (tertiary/aromatic N) is 1. The molecule has 0 aliphatic carbocycles. The molecule has 7 heteroatoms. The summed E-state index contributed by atoms with van der Waals surface area (Å²) in [7, 11) is 0. The number of anilines is 1. The van der Waals surface area contributed by atoms with Crippen LogP contribution in [-0.4, -0.2) is 22.8 Å². The Balaban J connectivity index is 1.78. The highest BCUT2D eigenvalue weighted by Crippen LogP contribution is 2.31. The van der Waals surface area contributed by atoms with Gasteiger partial charge in [-0.05, 0) is 36.2 Å². The van der Waals surface area contributed by atoms with E-state index < -0.39 is 17.8 Å². The third kappa shape index (κ3) is 4.87. The van der Waals surface area contributed by atoms with Gasteiger partial charge < -0.3 is 15.4 Å². The van der Waals surface area contributed by atoms with Crippen molar-refractivity contribution in [3.8, 4) is 11.5 Å². The zero-order chi connectivity index (χ0) is 21.0. The topological polar surface area (TPSA) is 80.3 Å². The number of pyridine rings is 1. The molecule has 1 unspecified atom stereocenters. The second-order valence-electron chi connectivity index (χ2n) is 6.98. The molecule has 1 aromatic heterocycles. The molecule has 3 rings (SSSR count). The highest BCUT2D eigenvalue weighted by atomic mass is 19.1. The normalized spacial score (nSPS) is 11.9. The summed E-state index contributed by atoms with van der Waals surface area (Å²) in [5.74, 6) is -0.948. The predicted molar refractivity (Wildman–Crippen MR) is 109 cm³/mol. The zero-order valence-corrected chi connectivity index (χ0v) is 16.4. The van der Waals surface area contributed by atoms with E-state index in [4.69, 9.17) is 4.74 Å². The lowest BCUT2D eigenvalue weighted by Gasteiger charge is -2.21. The molecule has 150 valence electrons. The second kappa shape index (κ2) is 8.68. The molecule has 29 heavy (non-hydrogen) atoms. The second-order valence-corrected chi connectivity index (χ2v) is 6.98. The average molecular weight is 395 g/mol. The first-order valence-corrected chi connectivity index (χ1v) is 9.24. The summed E-state index contributed by atoms with van der Waals surface area (Å²) >= 11 is 0. The van der Waals surface area contributed by atoms with E-state index in [1.54, 1.807) is 18.3 Å². The molecular weight excluding hydrogens is 373 g/mol. The molecule has 0 saturated heterocycles. The van der Waals surface area contributed by atoms with Gasteiger partial charge in [-0.15, -0.1) is 0 Å². The summed E-state index contributed by atoms with van der Waals surface area (Å²) < 4.78 is 20.3. The Kier molecular flexibility index (Phi) is 6.07. The van der Waals surface area contributed by atoms with Gasteiger partial charge in [0.05, 0.1) is 5.52 Å². The van der Waals surface area contributed by atoms with Crippen molar-refractivity contribution >= 4 is 28.4 Å². The summed E-state index contributed by atoms with van der Waals surface area (Å²) in [6.45, 7) is 4.98. The minimum atomic E-state index is -0.713. The van der Waals surface area contributed by atoms with E-state index in [9.17, 15) is 14.0 Å². The number of hydrogen-bond donors (Lipinski definition) is 2. The van der Waals surface area contributed by atoms with Gasteiger partial charge in [0, 0.05) is 30.3 Å². The maximum atomic E-state index is 14.6. The number of halogens is 1. The zero-order valence-electron chi connectivity index (χ0n) is 16.4. The molecule has 0 radical (unpaired) electrons. The van der Waals surface area contributed by atoms with E-state index in [0.29, 0.717) is 5.75 Å². The lowest BCUT2D eigenvalue weighted by molar-refractivity contribution is -0.126. The van der Waals surface area contributed by atoms with Crippen molar-refractivity contribution in [2.45, 2.75) is 26.8 Å². The molecule has 0 bridgehead atoms.